The summed E-state index contributed by atoms with van der Waals surface area (Å²) in [4.78, 5) is 15.8. The zero-order chi connectivity index (χ0) is 16.2. The zero-order valence-electron chi connectivity index (χ0n) is 13.0. The van der Waals surface area contributed by atoms with E-state index in [1.54, 1.807) is 6.33 Å². The van der Waals surface area contributed by atoms with Crippen LogP contribution in [0.3, 0.4) is 0 Å². The van der Waals surface area contributed by atoms with E-state index in [1.807, 2.05) is 49.7 Å². The van der Waals surface area contributed by atoms with E-state index in [0.717, 1.165) is 11.4 Å². The standard InChI is InChI=1S/C16H20IN3O2/c1-16(2,3)22-15(21)19-8-7-14-10-18-11-20(14)13-6-4-5-12(17)9-13/h4-6,9-11H,7-8H2,1-3H3,(H,19,21). The van der Waals surface area contributed by atoms with Crippen molar-refractivity contribution in [3.05, 3.63) is 46.1 Å². The second-order valence-corrected chi connectivity index (χ2v) is 7.16. The van der Waals surface area contributed by atoms with E-state index < -0.39 is 11.7 Å². The number of amides is 1. The number of rotatable bonds is 4. The average molecular weight is 413 g/mol. The normalized spacial score (nSPS) is 11.3. The maximum atomic E-state index is 11.6. The molecule has 0 aliphatic heterocycles. The Morgan fingerprint density at radius 2 is 2.18 bits per heavy atom. The molecule has 0 bridgehead atoms. The predicted molar refractivity (Wildman–Crippen MR) is 94.2 cm³/mol. The third-order valence-electron chi connectivity index (χ3n) is 2.85. The number of hydrogen-bond acceptors (Lipinski definition) is 3. The Kier molecular flexibility index (Phi) is 5.44. The van der Waals surface area contributed by atoms with Crippen LogP contribution < -0.4 is 5.32 Å². The molecule has 2 rings (SSSR count). The molecule has 1 N–H and O–H groups in total. The minimum absolute atomic E-state index is 0.396. The number of hydrogen-bond donors (Lipinski definition) is 1. The van der Waals surface area contributed by atoms with E-state index in [9.17, 15) is 4.79 Å². The van der Waals surface area contributed by atoms with Gasteiger partial charge in [-0.3, -0.25) is 0 Å². The molecule has 1 aromatic heterocycles. The van der Waals surface area contributed by atoms with Gasteiger partial charge in [-0.2, -0.15) is 0 Å². The smallest absolute Gasteiger partial charge is 0.407 e. The lowest BCUT2D eigenvalue weighted by atomic mass is 10.2. The highest BCUT2D eigenvalue weighted by Crippen LogP contribution is 2.15. The number of ether oxygens (including phenoxy) is 1. The molecule has 22 heavy (non-hydrogen) atoms. The van der Waals surface area contributed by atoms with Crippen LogP contribution in [0.4, 0.5) is 4.79 Å². The molecule has 0 atom stereocenters. The van der Waals surface area contributed by atoms with Gasteiger partial charge in [0, 0.05) is 34.1 Å². The summed E-state index contributed by atoms with van der Waals surface area (Å²) >= 11 is 2.28. The molecule has 5 nitrogen and oxygen atoms in total. The SMILES string of the molecule is CC(C)(C)OC(=O)NCCc1cncn1-c1cccc(I)c1. The van der Waals surface area contributed by atoms with Gasteiger partial charge in [0.2, 0.25) is 0 Å². The average Bonchev–Trinajstić information content (AvgIpc) is 2.85. The number of carbonyl (C=O) groups is 1. The van der Waals surface area contributed by atoms with Crippen molar-refractivity contribution in [2.24, 2.45) is 0 Å². The van der Waals surface area contributed by atoms with Crippen LogP contribution in [0, 0.1) is 3.57 Å². The summed E-state index contributed by atoms with van der Waals surface area (Å²) in [6.45, 7) is 6.04. The quantitative estimate of drug-likeness (QED) is 0.781. The first-order chi connectivity index (χ1) is 10.3. The van der Waals surface area contributed by atoms with Gasteiger partial charge in [0.15, 0.2) is 0 Å². The summed E-state index contributed by atoms with van der Waals surface area (Å²) in [5.41, 5.74) is 1.63. The molecular formula is C16H20IN3O2. The van der Waals surface area contributed by atoms with Gasteiger partial charge >= 0.3 is 6.09 Å². The van der Waals surface area contributed by atoms with E-state index >= 15 is 0 Å². The number of imidazole rings is 1. The Bertz CT molecular complexity index is 647. The number of nitrogens with zero attached hydrogens (tertiary/aromatic N) is 2. The summed E-state index contributed by atoms with van der Waals surface area (Å²) in [6, 6.07) is 8.19. The number of nitrogens with one attached hydrogen (secondary N) is 1. The van der Waals surface area contributed by atoms with Crippen molar-refractivity contribution in [2.45, 2.75) is 32.8 Å². The molecule has 0 radical (unpaired) electrons. The van der Waals surface area contributed by atoms with E-state index in [4.69, 9.17) is 4.74 Å². The monoisotopic (exact) mass is 413 g/mol. The number of benzene rings is 1. The van der Waals surface area contributed by atoms with Gasteiger partial charge in [0.25, 0.3) is 0 Å². The first-order valence-corrected chi connectivity index (χ1v) is 8.17. The fourth-order valence-electron chi connectivity index (χ4n) is 1.97. The molecular weight excluding hydrogens is 393 g/mol. The second kappa shape index (κ2) is 7.13. The highest BCUT2D eigenvalue weighted by atomic mass is 127. The maximum Gasteiger partial charge on any atom is 0.407 e. The van der Waals surface area contributed by atoms with Gasteiger partial charge in [0.1, 0.15) is 5.60 Å². The number of halogens is 1. The Hall–Kier alpha value is -1.57. The molecule has 0 fully saturated rings. The minimum Gasteiger partial charge on any atom is -0.444 e. The van der Waals surface area contributed by atoms with Crippen LogP contribution >= 0.6 is 22.6 Å². The predicted octanol–water partition coefficient (Wildman–Crippen LogP) is 3.54. The van der Waals surface area contributed by atoms with Crippen molar-refractivity contribution < 1.29 is 9.53 Å². The zero-order valence-corrected chi connectivity index (χ0v) is 15.1. The van der Waals surface area contributed by atoms with Crippen molar-refractivity contribution in [1.82, 2.24) is 14.9 Å². The largest absolute Gasteiger partial charge is 0.444 e. The van der Waals surface area contributed by atoms with Gasteiger partial charge in [-0.05, 0) is 61.6 Å². The summed E-state index contributed by atoms with van der Waals surface area (Å²) in [5.74, 6) is 0. The topological polar surface area (TPSA) is 56.1 Å². The summed E-state index contributed by atoms with van der Waals surface area (Å²) in [6.07, 6.45) is 3.89. The van der Waals surface area contributed by atoms with Crippen LogP contribution in [0.15, 0.2) is 36.8 Å². The molecule has 1 amide bonds. The van der Waals surface area contributed by atoms with Crippen LogP contribution in [-0.2, 0) is 11.2 Å². The first kappa shape index (κ1) is 16.8. The number of alkyl carbamates (subject to hydrolysis) is 1. The highest BCUT2D eigenvalue weighted by molar-refractivity contribution is 14.1. The lowest BCUT2D eigenvalue weighted by Gasteiger charge is -2.19. The lowest BCUT2D eigenvalue weighted by molar-refractivity contribution is 0.0528. The fraction of sp³-hybridized carbons (Fsp3) is 0.375. The molecule has 0 saturated heterocycles. The van der Waals surface area contributed by atoms with Gasteiger partial charge in [-0.25, -0.2) is 9.78 Å². The minimum atomic E-state index is -0.480. The summed E-state index contributed by atoms with van der Waals surface area (Å²) in [5, 5.41) is 2.76. The molecule has 0 unspecified atom stereocenters. The Balaban J connectivity index is 1.95. The number of aromatic nitrogens is 2. The Morgan fingerprint density at radius 3 is 2.86 bits per heavy atom. The Labute approximate surface area is 144 Å². The third-order valence-corrected chi connectivity index (χ3v) is 3.52. The lowest BCUT2D eigenvalue weighted by Crippen LogP contribution is -2.33. The van der Waals surface area contributed by atoms with E-state index in [-0.39, 0.29) is 0 Å². The van der Waals surface area contributed by atoms with Crippen LogP contribution in [0.1, 0.15) is 26.5 Å². The van der Waals surface area contributed by atoms with E-state index in [1.165, 1.54) is 3.57 Å². The van der Waals surface area contributed by atoms with Crippen molar-refractivity contribution in [1.29, 1.82) is 0 Å². The van der Waals surface area contributed by atoms with Crippen LogP contribution in [0.5, 0.6) is 0 Å². The number of carbonyl (C=O) groups excluding carboxylic acids is 1. The van der Waals surface area contributed by atoms with Gasteiger partial charge < -0.3 is 14.6 Å². The van der Waals surface area contributed by atoms with E-state index in [2.05, 4.69) is 39.0 Å². The van der Waals surface area contributed by atoms with Gasteiger partial charge in [0.05, 0.1) is 6.33 Å². The third kappa shape index (κ3) is 5.01. The molecule has 2 aromatic rings. The van der Waals surface area contributed by atoms with Crippen molar-refractivity contribution in [2.75, 3.05) is 6.54 Å². The first-order valence-electron chi connectivity index (χ1n) is 7.09. The fourth-order valence-corrected chi connectivity index (χ4v) is 2.50. The summed E-state index contributed by atoms with van der Waals surface area (Å²) < 4.78 is 8.41. The molecule has 0 aliphatic carbocycles. The molecule has 6 heteroatoms. The molecule has 0 saturated carbocycles. The molecule has 118 valence electrons. The molecule has 1 aromatic carbocycles. The van der Waals surface area contributed by atoms with Crippen LogP contribution in [0.2, 0.25) is 0 Å². The van der Waals surface area contributed by atoms with Crippen LogP contribution in [0.25, 0.3) is 5.69 Å². The maximum absolute atomic E-state index is 11.6. The van der Waals surface area contributed by atoms with Crippen LogP contribution in [-0.4, -0.2) is 27.8 Å². The molecule has 0 spiro atoms. The highest BCUT2D eigenvalue weighted by Gasteiger charge is 2.15. The van der Waals surface area contributed by atoms with Gasteiger partial charge in [-0.15, -0.1) is 0 Å². The Morgan fingerprint density at radius 1 is 1.41 bits per heavy atom. The van der Waals surface area contributed by atoms with Gasteiger partial charge in [-0.1, -0.05) is 6.07 Å². The van der Waals surface area contributed by atoms with Crippen molar-refractivity contribution >= 4 is 28.7 Å². The van der Waals surface area contributed by atoms with Crippen molar-refractivity contribution in [3.8, 4) is 5.69 Å². The van der Waals surface area contributed by atoms with Crippen molar-refractivity contribution in [3.63, 3.8) is 0 Å². The molecule has 1 heterocycles. The van der Waals surface area contributed by atoms with E-state index in [0.29, 0.717) is 13.0 Å². The summed E-state index contributed by atoms with van der Waals surface area (Å²) in [7, 11) is 0. The second-order valence-electron chi connectivity index (χ2n) is 5.91. The molecule has 0 aliphatic rings.